The van der Waals surface area contributed by atoms with Crippen LogP contribution in [0.4, 0.5) is 17.3 Å². The van der Waals surface area contributed by atoms with Crippen molar-refractivity contribution in [3.63, 3.8) is 0 Å². The summed E-state index contributed by atoms with van der Waals surface area (Å²) >= 11 is 13.2. The number of hydrogen-bond donors (Lipinski definition) is 3. The number of benzene rings is 3. The maximum atomic E-state index is 12.0. The van der Waals surface area contributed by atoms with E-state index in [0.29, 0.717) is 55.1 Å². The summed E-state index contributed by atoms with van der Waals surface area (Å²) in [5, 5.41) is 16.5. The minimum atomic E-state index is -0.983. The van der Waals surface area contributed by atoms with Crippen molar-refractivity contribution in [2.75, 3.05) is 24.9 Å². The van der Waals surface area contributed by atoms with E-state index in [4.69, 9.17) is 32.7 Å². The number of nitrogens with one attached hydrogen (secondary N) is 2. The molecule has 1 heterocycles. The second-order valence-electron chi connectivity index (χ2n) is 8.48. The molecule has 0 aliphatic heterocycles. The summed E-state index contributed by atoms with van der Waals surface area (Å²) in [5.74, 6) is -0.301. The van der Waals surface area contributed by atoms with Crippen LogP contribution in [0.1, 0.15) is 11.1 Å². The van der Waals surface area contributed by atoms with Gasteiger partial charge in [-0.25, -0.2) is 9.97 Å². The Kier molecular flexibility index (Phi) is 8.23. The number of hydrogen-bond acceptors (Lipinski definition) is 7. The van der Waals surface area contributed by atoms with Gasteiger partial charge in [0.1, 0.15) is 11.5 Å². The summed E-state index contributed by atoms with van der Waals surface area (Å²) in [6.45, 7) is 5.27. The Balaban J connectivity index is 1.73. The highest BCUT2D eigenvalue weighted by atomic mass is 35.5. The van der Waals surface area contributed by atoms with Crippen LogP contribution < -0.4 is 20.1 Å². The molecule has 0 unspecified atom stereocenters. The zero-order chi connectivity index (χ0) is 28.3. The van der Waals surface area contributed by atoms with Crippen molar-refractivity contribution >= 4 is 63.3 Å². The lowest BCUT2D eigenvalue weighted by Crippen LogP contribution is -2.12. The van der Waals surface area contributed by atoms with Crippen LogP contribution in [-0.2, 0) is 16.0 Å². The number of carboxylic acids is 1. The number of fused-ring (bicyclic) bond motifs is 1. The first-order valence-corrected chi connectivity index (χ1v) is 12.3. The number of carbonyl (C=O) groups excluding carboxylic acids is 1. The molecule has 0 fully saturated rings. The first-order valence-electron chi connectivity index (χ1n) is 11.6. The lowest BCUT2D eigenvalue weighted by atomic mass is 10.0. The van der Waals surface area contributed by atoms with Crippen LogP contribution in [0.5, 0.6) is 11.5 Å². The highest BCUT2D eigenvalue weighted by Gasteiger charge is 2.19. The van der Waals surface area contributed by atoms with Crippen LogP contribution >= 0.6 is 23.2 Å². The van der Waals surface area contributed by atoms with Crippen molar-refractivity contribution in [1.82, 2.24) is 9.97 Å². The topological polar surface area (TPSA) is 123 Å². The zero-order valence-corrected chi connectivity index (χ0v) is 22.8. The fraction of sp³-hybridized carbons (Fsp3) is 0.143. The number of anilines is 3. The molecule has 4 rings (SSSR count). The first-order chi connectivity index (χ1) is 18.6. The molecule has 0 aliphatic carbocycles. The van der Waals surface area contributed by atoms with Gasteiger partial charge in [-0.1, -0.05) is 41.9 Å². The Morgan fingerprint density at radius 3 is 2.38 bits per heavy atom. The molecular weight excluding hydrogens is 543 g/mol. The van der Waals surface area contributed by atoms with Gasteiger partial charge in [0, 0.05) is 23.2 Å². The monoisotopic (exact) mass is 566 g/mol. The third-order valence-electron chi connectivity index (χ3n) is 5.87. The van der Waals surface area contributed by atoms with Crippen LogP contribution in [0.2, 0.25) is 10.0 Å². The minimum absolute atomic E-state index is 0.194. The lowest BCUT2D eigenvalue weighted by Gasteiger charge is -2.17. The summed E-state index contributed by atoms with van der Waals surface area (Å²) in [7, 11) is 3.02. The molecule has 0 saturated heterocycles. The van der Waals surface area contributed by atoms with Crippen molar-refractivity contribution in [1.29, 1.82) is 0 Å². The zero-order valence-electron chi connectivity index (χ0n) is 21.3. The fourth-order valence-electron chi connectivity index (χ4n) is 4.09. The van der Waals surface area contributed by atoms with Gasteiger partial charge in [0.05, 0.1) is 47.6 Å². The Morgan fingerprint density at radius 1 is 1.08 bits per heavy atom. The molecule has 3 N–H and O–H groups in total. The van der Waals surface area contributed by atoms with Crippen molar-refractivity contribution in [3.8, 4) is 22.6 Å². The molecule has 3 aromatic carbocycles. The van der Waals surface area contributed by atoms with Crippen LogP contribution in [0.25, 0.3) is 22.0 Å². The normalized spacial score (nSPS) is 10.7. The second-order valence-corrected chi connectivity index (χ2v) is 9.23. The molecule has 200 valence electrons. The number of halogens is 2. The number of ether oxygens (including phenoxy) is 2. The van der Waals surface area contributed by atoms with Crippen LogP contribution in [0.3, 0.4) is 0 Å². The van der Waals surface area contributed by atoms with E-state index in [1.54, 1.807) is 37.4 Å². The average molecular weight is 567 g/mol. The van der Waals surface area contributed by atoms with E-state index < -0.39 is 11.9 Å². The van der Waals surface area contributed by atoms with E-state index in [1.165, 1.54) is 14.2 Å². The largest absolute Gasteiger partial charge is 0.495 e. The van der Waals surface area contributed by atoms with Gasteiger partial charge in [-0.15, -0.1) is 0 Å². The number of amides is 1. The summed E-state index contributed by atoms with van der Waals surface area (Å²) in [6, 6.07) is 10.4. The number of carboxylic acid groups (broad SMARTS) is 1. The van der Waals surface area contributed by atoms with Crippen LogP contribution in [0.15, 0.2) is 55.3 Å². The molecule has 0 bridgehead atoms. The third kappa shape index (κ3) is 5.89. The number of methoxy groups -OCH3 is 2. The number of nitrogens with zero attached hydrogens (tertiary/aromatic N) is 2. The molecule has 0 spiro atoms. The van der Waals surface area contributed by atoms with E-state index in [0.717, 1.165) is 17.0 Å². The SMILES string of the molecule is C=CC(=O)Nc1cc(CC(=O)O)cc(C)c1Nc1ncc2cc(-c3c(Cl)c(OC)cc(OC)c3Cl)ccc2n1. The van der Waals surface area contributed by atoms with Gasteiger partial charge in [-0.3, -0.25) is 9.59 Å². The number of aromatic nitrogens is 2. The maximum absolute atomic E-state index is 12.0. The quantitative estimate of drug-likeness (QED) is 0.198. The smallest absolute Gasteiger partial charge is 0.307 e. The number of aliphatic carboxylic acids is 1. The summed E-state index contributed by atoms with van der Waals surface area (Å²) in [5.41, 5.74) is 4.04. The summed E-state index contributed by atoms with van der Waals surface area (Å²) < 4.78 is 10.8. The molecule has 0 aliphatic rings. The molecule has 9 nitrogen and oxygen atoms in total. The Bertz CT molecular complexity index is 1600. The van der Waals surface area contributed by atoms with Gasteiger partial charge in [-0.2, -0.15) is 0 Å². The standard InChI is InChI=1S/C28H24Cl2N4O5/c1-5-22(35)32-19-9-15(10-23(36)37)8-14(2)27(19)34-28-31-13-17-11-16(6-7-18(17)33-28)24-25(29)20(38-3)12-21(39-4)26(24)30/h5-9,11-13H,1,10H2,2-4H3,(H,32,35)(H,36,37)(H,31,33,34). The molecule has 11 heteroatoms. The van der Waals surface area contributed by atoms with E-state index in [-0.39, 0.29) is 12.4 Å². The van der Waals surface area contributed by atoms with Gasteiger partial charge >= 0.3 is 5.97 Å². The van der Waals surface area contributed by atoms with Gasteiger partial charge in [0.15, 0.2) is 0 Å². The number of aryl methyl sites for hydroxylation is 1. The Hall–Kier alpha value is -4.34. The summed E-state index contributed by atoms with van der Waals surface area (Å²) in [4.78, 5) is 32.3. The highest BCUT2D eigenvalue weighted by Crippen LogP contribution is 2.46. The number of carbonyl (C=O) groups is 2. The van der Waals surface area contributed by atoms with Gasteiger partial charge in [0.2, 0.25) is 11.9 Å². The predicted molar refractivity (Wildman–Crippen MR) is 153 cm³/mol. The lowest BCUT2D eigenvalue weighted by molar-refractivity contribution is -0.136. The molecular formula is C28H24Cl2N4O5. The molecule has 1 amide bonds. The number of rotatable bonds is 9. The Labute approximate surface area is 234 Å². The van der Waals surface area contributed by atoms with Crippen molar-refractivity contribution in [2.45, 2.75) is 13.3 Å². The molecule has 0 saturated carbocycles. The van der Waals surface area contributed by atoms with Crippen LogP contribution in [-0.4, -0.2) is 41.2 Å². The Morgan fingerprint density at radius 2 is 1.77 bits per heavy atom. The van der Waals surface area contributed by atoms with E-state index in [9.17, 15) is 14.7 Å². The van der Waals surface area contributed by atoms with Crippen molar-refractivity contribution in [2.24, 2.45) is 0 Å². The van der Waals surface area contributed by atoms with Gasteiger partial charge in [0.25, 0.3) is 0 Å². The molecule has 1 aromatic heterocycles. The third-order valence-corrected chi connectivity index (χ3v) is 6.62. The van der Waals surface area contributed by atoms with Crippen molar-refractivity contribution < 1.29 is 24.2 Å². The predicted octanol–water partition coefficient (Wildman–Crippen LogP) is 6.42. The maximum Gasteiger partial charge on any atom is 0.307 e. The fourth-order valence-corrected chi connectivity index (χ4v) is 4.81. The van der Waals surface area contributed by atoms with Gasteiger partial charge in [-0.05, 0) is 47.9 Å². The van der Waals surface area contributed by atoms with E-state index in [1.807, 2.05) is 12.1 Å². The average Bonchev–Trinajstić information content (AvgIpc) is 2.90. The van der Waals surface area contributed by atoms with Crippen molar-refractivity contribution in [3.05, 3.63) is 76.4 Å². The van der Waals surface area contributed by atoms with Gasteiger partial charge < -0.3 is 25.2 Å². The minimum Gasteiger partial charge on any atom is -0.495 e. The van der Waals surface area contributed by atoms with E-state index >= 15 is 0 Å². The molecule has 39 heavy (non-hydrogen) atoms. The molecule has 0 atom stereocenters. The van der Waals surface area contributed by atoms with Crippen LogP contribution in [0, 0.1) is 6.92 Å². The second kappa shape index (κ2) is 11.6. The molecule has 0 radical (unpaired) electrons. The highest BCUT2D eigenvalue weighted by molar-refractivity contribution is 6.41. The van der Waals surface area contributed by atoms with E-state index in [2.05, 4.69) is 27.2 Å². The summed E-state index contributed by atoms with van der Waals surface area (Å²) in [6.07, 6.45) is 2.58. The first kappa shape index (κ1) is 27.7. The molecule has 4 aromatic rings.